The van der Waals surface area contributed by atoms with E-state index in [-0.39, 0.29) is 38.5 Å². The van der Waals surface area contributed by atoms with Crippen molar-refractivity contribution in [2.45, 2.75) is 22.5 Å². The first-order chi connectivity index (χ1) is 15.8. The summed E-state index contributed by atoms with van der Waals surface area (Å²) in [5.74, 6) is -2.05. The minimum absolute atomic E-state index is 0.0613. The van der Waals surface area contributed by atoms with Gasteiger partial charge in [0.1, 0.15) is 5.75 Å². The van der Waals surface area contributed by atoms with Crippen LogP contribution in [0.3, 0.4) is 0 Å². The van der Waals surface area contributed by atoms with Gasteiger partial charge >= 0.3 is 5.97 Å². The SMILES string of the molecule is COc1ccc(C(=O)COC(=O)c2ccccc2N2C(=O)[C@H]3C[C@H](Br)[C@@H](Br)C[C@H]3C2=O)cc1. The van der Waals surface area contributed by atoms with E-state index < -0.39 is 24.4 Å². The number of methoxy groups -OCH3 is 1. The molecule has 1 aliphatic heterocycles. The third kappa shape index (κ3) is 4.61. The van der Waals surface area contributed by atoms with Gasteiger partial charge in [-0.15, -0.1) is 0 Å². The molecule has 1 saturated heterocycles. The summed E-state index contributed by atoms with van der Waals surface area (Å²) in [5.41, 5.74) is 0.617. The molecule has 0 bridgehead atoms. The van der Waals surface area contributed by atoms with Crippen molar-refractivity contribution in [3.63, 3.8) is 0 Å². The first kappa shape index (κ1) is 23.6. The lowest BCUT2D eigenvalue weighted by Gasteiger charge is -2.29. The maximum atomic E-state index is 13.1. The van der Waals surface area contributed by atoms with Crippen LogP contribution >= 0.6 is 31.9 Å². The van der Waals surface area contributed by atoms with Crippen LogP contribution in [0.25, 0.3) is 0 Å². The predicted octanol–water partition coefficient (Wildman–Crippen LogP) is 4.16. The lowest BCUT2D eigenvalue weighted by atomic mass is 9.81. The maximum Gasteiger partial charge on any atom is 0.340 e. The van der Waals surface area contributed by atoms with Gasteiger partial charge in [0.2, 0.25) is 11.8 Å². The van der Waals surface area contributed by atoms with E-state index in [0.29, 0.717) is 24.2 Å². The minimum atomic E-state index is -0.778. The first-order valence-electron chi connectivity index (χ1n) is 10.4. The molecule has 33 heavy (non-hydrogen) atoms. The molecule has 1 heterocycles. The molecule has 0 spiro atoms. The number of imide groups is 1. The number of anilines is 1. The average Bonchev–Trinajstić information content (AvgIpc) is 3.06. The van der Waals surface area contributed by atoms with E-state index in [0.717, 1.165) is 4.90 Å². The maximum absolute atomic E-state index is 13.1. The number of rotatable bonds is 6. The van der Waals surface area contributed by atoms with E-state index in [9.17, 15) is 19.2 Å². The van der Waals surface area contributed by atoms with Gasteiger partial charge in [-0.2, -0.15) is 0 Å². The highest BCUT2D eigenvalue weighted by molar-refractivity contribution is 9.12. The number of para-hydroxylation sites is 1. The molecule has 172 valence electrons. The van der Waals surface area contributed by atoms with Gasteiger partial charge in [0.05, 0.1) is 30.2 Å². The van der Waals surface area contributed by atoms with Gasteiger partial charge in [0.25, 0.3) is 0 Å². The lowest BCUT2D eigenvalue weighted by molar-refractivity contribution is -0.122. The predicted molar refractivity (Wildman–Crippen MR) is 128 cm³/mol. The third-order valence-electron chi connectivity index (χ3n) is 6.02. The van der Waals surface area contributed by atoms with Crippen LogP contribution in [-0.2, 0) is 14.3 Å². The van der Waals surface area contributed by atoms with Crippen molar-refractivity contribution in [2.24, 2.45) is 11.8 Å². The highest BCUT2D eigenvalue weighted by Crippen LogP contribution is 2.44. The van der Waals surface area contributed by atoms with Gasteiger partial charge in [0.15, 0.2) is 12.4 Å². The van der Waals surface area contributed by atoms with Crippen LogP contribution in [0.4, 0.5) is 5.69 Å². The van der Waals surface area contributed by atoms with Gasteiger partial charge in [-0.1, -0.05) is 44.0 Å². The Bertz CT molecular complexity index is 1070. The second-order valence-corrected chi connectivity index (χ2v) is 10.3. The number of fused-ring (bicyclic) bond motifs is 1. The molecular weight excluding hydrogens is 558 g/mol. The number of amides is 2. The number of esters is 1. The number of hydrogen-bond acceptors (Lipinski definition) is 6. The molecule has 2 aromatic carbocycles. The first-order valence-corrected chi connectivity index (χ1v) is 12.2. The number of benzene rings is 2. The van der Waals surface area contributed by atoms with E-state index >= 15 is 0 Å². The molecule has 7 nitrogen and oxygen atoms in total. The third-order valence-corrected chi connectivity index (χ3v) is 8.76. The number of hydrogen-bond donors (Lipinski definition) is 0. The molecule has 9 heteroatoms. The van der Waals surface area contributed by atoms with Crippen LogP contribution < -0.4 is 9.64 Å². The summed E-state index contributed by atoms with van der Waals surface area (Å²) < 4.78 is 10.3. The van der Waals surface area contributed by atoms with E-state index in [2.05, 4.69) is 31.9 Å². The van der Waals surface area contributed by atoms with Crippen LogP contribution in [0, 0.1) is 11.8 Å². The largest absolute Gasteiger partial charge is 0.497 e. The molecule has 2 fully saturated rings. The lowest BCUT2D eigenvalue weighted by Crippen LogP contribution is -2.34. The number of halogens is 2. The molecule has 0 radical (unpaired) electrons. The van der Waals surface area contributed by atoms with E-state index in [1.54, 1.807) is 42.5 Å². The molecule has 4 atom stereocenters. The summed E-state index contributed by atoms with van der Waals surface area (Å²) in [7, 11) is 1.53. The molecule has 1 saturated carbocycles. The van der Waals surface area contributed by atoms with Gasteiger partial charge in [0, 0.05) is 15.2 Å². The Morgan fingerprint density at radius 2 is 1.52 bits per heavy atom. The number of alkyl halides is 2. The zero-order valence-electron chi connectivity index (χ0n) is 17.7. The number of ketones is 1. The summed E-state index contributed by atoms with van der Waals surface area (Å²) in [5, 5.41) is 0. The molecule has 2 amide bonds. The zero-order valence-corrected chi connectivity index (χ0v) is 20.9. The Morgan fingerprint density at radius 1 is 0.939 bits per heavy atom. The highest BCUT2D eigenvalue weighted by Gasteiger charge is 2.52. The standard InChI is InChI=1S/C24H21Br2NO6/c1-32-14-8-6-13(7-9-14)21(28)12-33-24(31)15-4-2-3-5-20(15)27-22(29)16-10-18(25)19(26)11-17(16)23(27)30/h2-9,16-19H,10-12H2,1H3/t16-,17+,18-,19-/m0/s1. The topological polar surface area (TPSA) is 90.0 Å². The number of carbonyl (C=O) groups is 4. The van der Waals surface area contributed by atoms with Gasteiger partial charge in [-0.25, -0.2) is 9.69 Å². The second-order valence-electron chi connectivity index (χ2n) is 7.97. The second kappa shape index (κ2) is 9.77. The number of ether oxygens (including phenoxy) is 2. The molecule has 2 aliphatic rings. The number of nitrogens with zero attached hydrogens (tertiary/aromatic N) is 1. The van der Waals surface area contributed by atoms with Crippen molar-refractivity contribution < 1.29 is 28.7 Å². The Kier molecular flexibility index (Phi) is 6.99. The van der Waals surface area contributed by atoms with Crippen molar-refractivity contribution in [1.82, 2.24) is 0 Å². The number of carbonyl (C=O) groups excluding carboxylic acids is 4. The molecule has 4 rings (SSSR count). The summed E-state index contributed by atoms with van der Waals surface area (Å²) >= 11 is 7.14. The Labute approximate surface area is 207 Å². The van der Waals surface area contributed by atoms with Crippen LogP contribution in [0.1, 0.15) is 33.6 Å². The Morgan fingerprint density at radius 3 is 2.09 bits per heavy atom. The van der Waals surface area contributed by atoms with Gasteiger partial charge < -0.3 is 9.47 Å². The summed E-state index contributed by atoms with van der Waals surface area (Å²) in [6.07, 6.45) is 1.06. The van der Waals surface area contributed by atoms with Crippen LogP contribution in [0.2, 0.25) is 0 Å². The quantitative estimate of drug-likeness (QED) is 0.221. The average molecular weight is 579 g/mol. The van der Waals surface area contributed by atoms with Crippen molar-refractivity contribution in [3.8, 4) is 5.75 Å². The van der Waals surface area contributed by atoms with Crippen molar-refractivity contribution in [1.29, 1.82) is 0 Å². The van der Waals surface area contributed by atoms with E-state index in [4.69, 9.17) is 9.47 Å². The highest BCUT2D eigenvalue weighted by atomic mass is 79.9. The minimum Gasteiger partial charge on any atom is -0.497 e. The molecular formula is C24H21Br2NO6. The van der Waals surface area contributed by atoms with Crippen molar-refractivity contribution in [3.05, 3.63) is 59.7 Å². The fourth-order valence-corrected chi connectivity index (χ4v) is 5.48. The van der Waals surface area contributed by atoms with Crippen LogP contribution in [-0.4, -0.2) is 46.9 Å². The summed E-state index contributed by atoms with van der Waals surface area (Å²) in [6, 6.07) is 12.8. The summed E-state index contributed by atoms with van der Waals surface area (Å²) in [6.45, 7) is -0.469. The molecule has 2 aromatic rings. The van der Waals surface area contributed by atoms with E-state index in [1.807, 2.05) is 0 Å². The smallest absolute Gasteiger partial charge is 0.340 e. The Hall–Kier alpha value is -2.52. The number of Topliss-reactive ketones (excluding diaryl/α,β-unsaturated/α-hetero) is 1. The molecule has 0 N–H and O–H groups in total. The molecule has 1 aliphatic carbocycles. The molecule has 0 unspecified atom stereocenters. The normalized spacial score (nSPS) is 24.4. The fourth-order valence-electron chi connectivity index (χ4n) is 4.24. The zero-order chi connectivity index (χ0) is 23.7. The Balaban J connectivity index is 1.51. The van der Waals surface area contributed by atoms with Crippen molar-refractivity contribution >= 4 is 61.1 Å². The monoisotopic (exact) mass is 577 g/mol. The van der Waals surface area contributed by atoms with E-state index in [1.165, 1.54) is 13.2 Å². The van der Waals surface area contributed by atoms with Crippen LogP contribution in [0.5, 0.6) is 5.75 Å². The summed E-state index contributed by atoms with van der Waals surface area (Å²) in [4.78, 5) is 52.8. The molecule has 0 aromatic heterocycles. The van der Waals surface area contributed by atoms with Crippen LogP contribution in [0.15, 0.2) is 48.5 Å². The fraction of sp³-hybridized carbons (Fsp3) is 0.333. The van der Waals surface area contributed by atoms with Crippen molar-refractivity contribution in [2.75, 3.05) is 18.6 Å². The van der Waals surface area contributed by atoms with Gasteiger partial charge in [-0.3, -0.25) is 14.4 Å². The van der Waals surface area contributed by atoms with Gasteiger partial charge in [-0.05, 0) is 49.2 Å².